The Morgan fingerprint density at radius 3 is 2.44 bits per heavy atom. The number of carbonyl (C=O) groups excluding carboxylic acids is 1. The summed E-state index contributed by atoms with van der Waals surface area (Å²) in [5.41, 5.74) is 7.13. The lowest BCUT2D eigenvalue weighted by molar-refractivity contribution is 0.0954. The largest absolute Gasteiger partial charge is 0.354 e. The first-order valence-electron chi connectivity index (χ1n) is 8.48. The van der Waals surface area contributed by atoms with Crippen molar-refractivity contribution in [2.24, 2.45) is 5.10 Å². The Labute approximate surface area is 165 Å². The normalized spacial score (nSPS) is 11.1. The van der Waals surface area contributed by atoms with Gasteiger partial charge in [0.05, 0.1) is 17.5 Å². The number of halogens is 1. The summed E-state index contributed by atoms with van der Waals surface area (Å²) >= 11 is 3.38. The van der Waals surface area contributed by atoms with Crippen LogP contribution in [0.5, 0.6) is 0 Å². The molecule has 27 heavy (non-hydrogen) atoms. The molecule has 0 aliphatic rings. The molecule has 0 fully saturated rings. The summed E-state index contributed by atoms with van der Waals surface area (Å²) in [5.74, 6) is -0.264. The van der Waals surface area contributed by atoms with E-state index in [-0.39, 0.29) is 5.91 Å². The highest BCUT2D eigenvalue weighted by atomic mass is 79.9. The van der Waals surface area contributed by atoms with Gasteiger partial charge in [0.1, 0.15) is 0 Å². The van der Waals surface area contributed by atoms with Crippen LogP contribution in [-0.2, 0) is 0 Å². The summed E-state index contributed by atoms with van der Waals surface area (Å²) in [6.45, 7) is 0. The Hall–Kier alpha value is -3.18. The van der Waals surface area contributed by atoms with Crippen molar-refractivity contribution in [3.05, 3.63) is 94.5 Å². The summed E-state index contributed by atoms with van der Waals surface area (Å²) in [6.07, 6.45) is 1.69. The van der Waals surface area contributed by atoms with E-state index in [4.69, 9.17) is 0 Å². The zero-order valence-electron chi connectivity index (χ0n) is 14.3. The fraction of sp³-hybridized carbons (Fsp3) is 0. The van der Waals surface area contributed by atoms with E-state index >= 15 is 0 Å². The van der Waals surface area contributed by atoms with E-state index in [0.29, 0.717) is 5.56 Å². The Morgan fingerprint density at radius 1 is 0.926 bits per heavy atom. The molecular formula is C22H16BrN3O. The van der Waals surface area contributed by atoms with Crippen LogP contribution >= 0.6 is 15.9 Å². The number of rotatable bonds is 4. The third-order valence-electron chi connectivity index (χ3n) is 4.29. The van der Waals surface area contributed by atoms with Crippen LogP contribution < -0.4 is 5.43 Å². The van der Waals surface area contributed by atoms with Crippen LogP contribution in [0.15, 0.2) is 88.4 Å². The average molecular weight is 418 g/mol. The molecule has 2 N–H and O–H groups in total. The number of aromatic nitrogens is 1. The number of benzene rings is 3. The lowest BCUT2D eigenvalue weighted by Crippen LogP contribution is -2.18. The van der Waals surface area contributed by atoms with Gasteiger partial charge in [-0.05, 0) is 39.7 Å². The second-order valence-electron chi connectivity index (χ2n) is 6.00. The van der Waals surface area contributed by atoms with Gasteiger partial charge in [0, 0.05) is 20.9 Å². The summed E-state index contributed by atoms with van der Waals surface area (Å²) in [4.78, 5) is 15.8. The van der Waals surface area contributed by atoms with Gasteiger partial charge in [0.2, 0.25) is 0 Å². The van der Waals surface area contributed by atoms with Crippen LogP contribution in [0.25, 0.3) is 22.2 Å². The highest BCUT2D eigenvalue weighted by Crippen LogP contribution is 2.28. The standard InChI is InChI=1S/C22H16BrN3O/c23-19-12-6-4-11-17(19)22(27)26-24-14-18-16-10-5-7-13-20(16)25-21(18)15-8-2-1-3-9-15/h1-14,25H,(H,26,27)/b24-14+. The van der Waals surface area contributed by atoms with Crippen LogP contribution in [-0.4, -0.2) is 17.1 Å². The molecule has 0 unspecified atom stereocenters. The average Bonchev–Trinajstić information content (AvgIpc) is 3.08. The first kappa shape index (κ1) is 17.2. The van der Waals surface area contributed by atoms with Gasteiger partial charge in [0.25, 0.3) is 5.91 Å². The molecule has 132 valence electrons. The number of aromatic amines is 1. The van der Waals surface area contributed by atoms with E-state index in [2.05, 4.69) is 31.4 Å². The molecule has 4 aromatic rings. The predicted molar refractivity (Wildman–Crippen MR) is 113 cm³/mol. The van der Waals surface area contributed by atoms with Gasteiger partial charge in [-0.3, -0.25) is 4.79 Å². The fourth-order valence-electron chi connectivity index (χ4n) is 2.99. The minimum absolute atomic E-state index is 0.264. The molecule has 0 saturated carbocycles. The fourth-order valence-corrected chi connectivity index (χ4v) is 3.46. The highest BCUT2D eigenvalue weighted by Gasteiger charge is 2.12. The molecule has 1 heterocycles. The smallest absolute Gasteiger partial charge is 0.272 e. The van der Waals surface area contributed by atoms with Crippen LogP contribution in [0.3, 0.4) is 0 Å². The van der Waals surface area contributed by atoms with Gasteiger partial charge in [-0.2, -0.15) is 5.10 Å². The van der Waals surface area contributed by atoms with Crippen LogP contribution in [0, 0.1) is 0 Å². The van der Waals surface area contributed by atoms with Crippen molar-refractivity contribution in [1.29, 1.82) is 0 Å². The van der Waals surface area contributed by atoms with Crippen molar-refractivity contribution < 1.29 is 4.79 Å². The van der Waals surface area contributed by atoms with Gasteiger partial charge < -0.3 is 4.98 Å². The Balaban J connectivity index is 1.68. The van der Waals surface area contributed by atoms with Crippen molar-refractivity contribution in [1.82, 2.24) is 10.4 Å². The quantitative estimate of drug-likeness (QED) is 0.340. The molecule has 1 amide bonds. The maximum Gasteiger partial charge on any atom is 0.272 e. The molecule has 4 nitrogen and oxygen atoms in total. The number of para-hydroxylation sites is 1. The van der Waals surface area contributed by atoms with Crippen LogP contribution in [0.2, 0.25) is 0 Å². The monoisotopic (exact) mass is 417 g/mol. The van der Waals surface area contributed by atoms with E-state index in [1.54, 1.807) is 12.3 Å². The second-order valence-corrected chi connectivity index (χ2v) is 6.86. The molecule has 5 heteroatoms. The first-order valence-corrected chi connectivity index (χ1v) is 9.27. The van der Waals surface area contributed by atoms with Crippen molar-refractivity contribution in [2.75, 3.05) is 0 Å². The number of nitrogens with one attached hydrogen (secondary N) is 2. The SMILES string of the molecule is O=C(N/N=C/c1c(-c2ccccc2)[nH]c2ccccc12)c1ccccc1Br. The molecule has 0 atom stereocenters. The molecule has 1 aromatic heterocycles. The molecule has 0 bridgehead atoms. The second kappa shape index (κ2) is 7.60. The van der Waals surface area contributed by atoms with E-state index in [9.17, 15) is 4.79 Å². The van der Waals surface area contributed by atoms with Crippen LogP contribution in [0.4, 0.5) is 0 Å². The lowest BCUT2D eigenvalue weighted by atomic mass is 10.1. The molecule has 0 aliphatic heterocycles. The summed E-state index contributed by atoms with van der Waals surface area (Å²) in [6, 6.07) is 25.4. The Bertz CT molecular complexity index is 1130. The topological polar surface area (TPSA) is 57.2 Å². The van der Waals surface area contributed by atoms with Crippen molar-refractivity contribution in [3.8, 4) is 11.3 Å². The first-order chi connectivity index (χ1) is 13.2. The minimum atomic E-state index is -0.264. The number of hydrogen-bond acceptors (Lipinski definition) is 2. The van der Waals surface area contributed by atoms with Crippen molar-refractivity contribution >= 4 is 39.0 Å². The van der Waals surface area contributed by atoms with E-state index in [1.807, 2.05) is 72.8 Å². The lowest BCUT2D eigenvalue weighted by Gasteiger charge is -2.03. The van der Waals surface area contributed by atoms with Gasteiger partial charge >= 0.3 is 0 Å². The third kappa shape index (κ3) is 3.55. The number of hydrogen-bond donors (Lipinski definition) is 2. The zero-order valence-corrected chi connectivity index (χ0v) is 15.9. The third-order valence-corrected chi connectivity index (χ3v) is 4.98. The van der Waals surface area contributed by atoms with Crippen LogP contribution in [0.1, 0.15) is 15.9 Å². The Morgan fingerprint density at radius 2 is 1.63 bits per heavy atom. The molecule has 3 aromatic carbocycles. The zero-order chi connectivity index (χ0) is 18.6. The van der Waals surface area contributed by atoms with Crippen molar-refractivity contribution in [2.45, 2.75) is 0 Å². The number of amides is 1. The molecule has 0 spiro atoms. The molecule has 0 saturated heterocycles. The minimum Gasteiger partial charge on any atom is -0.354 e. The van der Waals surface area contributed by atoms with E-state index in [0.717, 1.165) is 32.2 Å². The van der Waals surface area contributed by atoms with Gasteiger partial charge in [-0.15, -0.1) is 0 Å². The maximum absolute atomic E-state index is 12.3. The summed E-state index contributed by atoms with van der Waals surface area (Å²) < 4.78 is 0.731. The summed E-state index contributed by atoms with van der Waals surface area (Å²) in [5, 5.41) is 5.25. The van der Waals surface area contributed by atoms with Gasteiger partial charge in [0.15, 0.2) is 0 Å². The molecule has 0 radical (unpaired) electrons. The number of H-pyrrole nitrogens is 1. The molecule has 0 aliphatic carbocycles. The van der Waals surface area contributed by atoms with Gasteiger partial charge in [-0.1, -0.05) is 60.7 Å². The number of nitrogens with zero attached hydrogens (tertiary/aromatic N) is 1. The van der Waals surface area contributed by atoms with E-state index < -0.39 is 0 Å². The maximum atomic E-state index is 12.3. The van der Waals surface area contributed by atoms with Crippen molar-refractivity contribution in [3.63, 3.8) is 0 Å². The molecular weight excluding hydrogens is 402 g/mol. The molecule has 4 rings (SSSR count). The van der Waals surface area contributed by atoms with E-state index in [1.165, 1.54) is 0 Å². The highest BCUT2D eigenvalue weighted by molar-refractivity contribution is 9.10. The number of carbonyl (C=O) groups is 1. The number of hydrazone groups is 1. The predicted octanol–water partition coefficient (Wildman–Crippen LogP) is 5.36. The summed E-state index contributed by atoms with van der Waals surface area (Å²) in [7, 11) is 0. The number of fused-ring (bicyclic) bond motifs is 1. The van der Waals surface area contributed by atoms with Gasteiger partial charge in [-0.25, -0.2) is 5.43 Å². The Kier molecular flexibility index (Phi) is 4.85.